The number of nitrogens with zero attached hydrogens (tertiary/aromatic N) is 4. The van der Waals surface area contributed by atoms with Crippen molar-refractivity contribution >= 4 is 0 Å². The van der Waals surface area contributed by atoms with E-state index in [0.29, 0.717) is 24.2 Å². The minimum atomic E-state index is -4.45. The van der Waals surface area contributed by atoms with Gasteiger partial charge in [0, 0.05) is 11.3 Å². The molecule has 0 saturated carbocycles. The van der Waals surface area contributed by atoms with Crippen molar-refractivity contribution in [3.8, 4) is 11.8 Å². The Labute approximate surface area is 118 Å². The fourth-order valence-corrected chi connectivity index (χ4v) is 2.62. The van der Waals surface area contributed by atoms with E-state index in [-0.39, 0.29) is 11.3 Å². The Balaban J connectivity index is 2.14. The Kier molecular flexibility index (Phi) is 3.16. The monoisotopic (exact) mass is 292 g/mol. The third kappa shape index (κ3) is 2.37. The van der Waals surface area contributed by atoms with Crippen LogP contribution in [0, 0.1) is 11.3 Å². The summed E-state index contributed by atoms with van der Waals surface area (Å²) in [6, 6.07) is 4.91. The second kappa shape index (κ2) is 4.88. The first kappa shape index (κ1) is 13.6. The quantitative estimate of drug-likeness (QED) is 0.811. The molecule has 0 radical (unpaired) electrons. The first-order valence-electron chi connectivity index (χ1n) is 6.55. The molecule has 108 valence electrons. The van der Waals surface area contributed by atoms with Gasteiger partial charge >= 0.3 is 6.18 Å². The van der Waals surface area contributed by atoms with Crippen LogP contribution in [-0.4, -0.2) is 14.8 Å². The third-order valence-electron chi connectivity index (χ3n) is 3.56. The molecular weight excluding hydrogens is 281 g/mol. The molecule has 3 rings (SSSR count). The van der Waals surface area contributed by atoms with Gasteiger partial charge < -0.3 is 0 Å². The maximum Gasteiger partial charge on any atom is 0.435 e. The SMILES string of the molecule is N#Cc1ccc(-n2nc(C(F)(F)F)c3c2CCCC3)cn1. The molecule has 0 atom stereocenters. The van der Waals surface area contributed by atoms with Crippen LogP contribution in [0.3, 0.4) is 0 Å². The first-order valence-corrected chi connectivity index (χ1v) is 6.55. The predicted molar refractivity (Wildman–Crippen MR) is 67.7 cm³/mol. The van der Waals surface area contributed by atoms with Gasteiger partial charge in [-0.1, -0.05) is 0 Å². The van der Waals surface area contributed by atoms with Crippen molar-refractivity contribution < 1.29 is 13.2 Å². The average Bonchev–Trinajstić information content (AvgIpc) is 2.87. The zero-order valence-electron chi connectivity index (χ0n) is 11.0. The molecule has 0 amide bonds. The molecule has 21 heavy (non-hydrogen) atoms. The van der Waals surface area contributed by atoms with Crippen molar-refractivity contribution in [1.29, 1.82) is 5.26 Å². The van der Waals surface area contributed by atoms with Gasteiger partial charge in [-0.15, -0.1) is 0 Å². The van der Waals surface area contributed by atoms with Crippen molar-refractivity contribution in [2.24, 2.45) is 0 Å². The zero-order chi connectivity index (χ0) is 15.0. The van der Waals surface area contributed by atoms with Gasteiger partial charge in [0.15, 0.2) is 5.69 Å². The summed E-state index contributed by atoms with van der Waals surface area (Å²) in [4.78, 5) is 3.89. The van der Waals surface area contributed by atoms with Crippen LogP contribution in [-0.2, 0) is 19.0 Å². The highest BCUT2D eigenvalue weighted by Crippen LogP contribution is 2.36. The lowest BCUT2D eigenvalue weighted by molar-refractivity contribution is -0.142. The molecular formula is C14H11F3N4. The van der Waals surface area contributed by atoms with E-state index in [1.54, 1.807) is 6.07 Å². The number of hydrogen-bond acceptors (Lipinski definition) is 3. The van der Waals surface area contributed by atoms with Crippen molar-refractivity contribution in [1.82, 2.24) is 14.8 Å². The second-order valence-corrected chi connectivity index (χ2v) is 4.90. The van der Waals surface area contributed by atoms with Gasteiger partial charge in [0.2, 0.25) is 0 Å². The molecule has 4 nitrogen and oxygen atoms in total. The lowest BCUT2D eigenvalue weighted by atomic mass is 9.95. The van der Waals surface area contributed by atoms with E-state index in [2.05, 4.69) is 10.1 Å². The zero-order valence-corrected chi connectivity index (χ0v) is 11.0. The molecule has 0 bridgehead atoms. The molecule has 0 N–H and O–H groups in total. The number of fused-ring (bicyclic) bond motifs is 1. The highest BCUT2D eigenvalue weighted by Gasteiger charge is 2.39. The van der Waals surface area contributed by atoms with Gasteiger partial charge in [-0.25, -0.2) is 9.67 Å². The summed E-state index contributed by atoms with van der Waals surface area (Å²) in [6.07, 6.45) is -0.521. The molecule has 7 heteroatoms. The van der Waals surface area contributed by atoms with Crippen LogP contribution in [0.4, 0.5) is 13.2 Å². The summed E-state index contributed by atoms with van der Waals surface area (Å²) in [7, 11) is 0. The number of aromatic nitrogens is 3. The van der Waals surface area contributed by atoms with Crippen LogP contribution < -0.4 is 0 Å². The van der Waals surface area contributed by atoms with Gasteiger partial charge in [-0.3, -0.25) is 0 Å². The lowest BCUT2D eigenvalue weighted by Gasteiger charge is -2.14. The van der Waals surface area contributed by atoms with Crippen LogP contribution in [0.15, 0.2) is 18.3 Å². The first-order chi connectivity index (χ1) is 10.0. The minimum Gasteiger partial charge on any atom is -0.243 e. The van der Waals surface area contributed by atoms with E-state index in [9.17, 15) is 13.2 Å². The van der Waals surface area contributed by atoms with E-state index in [1.807, 2.05) is 6.07 Å². The molecule has 0 aromatic carbocycles. The molecule has 2 heterocycles. The summed E-state index contributed by atoms with van der Waals surface area (Å²) >= 11 is 0. The molecule has 1 aliphatic carbocycles. The smallest absolute Gasteiger partial charge is 0.243 e. The second-order valence-electron chi connectivity index (χ2n) is 4.90. The number of pyridine rings is 1. The molecule has 0 unspecified atom stereocenters. The standard InChI is InChI=1S/C14H11F3N4/c15-14(16,17)13-11-3-1-2-4-12(11)21(20-13)10-6-5-9(7-18)19-8-10/h5-6,8H,1-4H2. The van der Waals surface area contributed by atoms with Crippen LogP contribution in [0.25, 0.3) is 5.69 Å². The van der Waals surface area contributed by atoms with Crippen LogP contribution in [0.2, 0.25) is 0 Å². The summed E-state index contributed by atoms with van der Waals surface area (Å²) in [6.45, 7) is 0. The van der Waals surface area contributed by atoms with Crippen LogP contribution >= 0.6 is 0 Å². The molecule has 0 aliphatic heterocycles. The maximum absolute atomic E-state index is 13.1. The summed E-state index contributed by atoms with van der Waals surface area (Å²) < 4.78 is 40.6. The number of rotatable bonds is 1. The highest BCUT2D eigenvalue weighted by molar-refractivity contribution is 5.40. The van der Waals surface area contributed by atoms with Crippen molar-refractivity contribution in [3.05, 3.63) is 41.0 Å². The van der Waals surface area contributed by atoms with E-state index in [0.717, 1.165) is 12.8 Å². The number of alkyl halides is 3. The summed E-state index contributed by atoms with van der Waals surface area (Å²) in [5.74, 6) is 0. The number of hydrogen-bond donors (Lipinski definition) is 0. The third-order valence-corrected chi connectivity index (χ3v) is 3.56. The fourth-order valence-electron chi connectivity index (χ4n) is 2.62. The number of nitriles is 1. The van der Waals surface area contributed by atoms with E-state index in [4.69, 9.17) is 5.26 Å². The number of halogens is 3. The minimum absolute atomic E-state index is 0.218. The van der Waals surface area contributed by atoms with Gasteiger partial charge in [-0.2, -0.15) is 23.5 Å². The lowest BCUT2D eigenvalue weighted by Crippen LogP contribution is -2.11. The highest BCUT2D eigenvalue weighted by atomic mass is 19.4. The van der Waals surface area contributed by atoms with Crippen LogP contribution in [0.1, 0.15) is 35.5 Å². The van der Waals surface area contributed by atoms with Gasteiger partial charge in [0.25, 0.3) is 0 Å². The average molecular weight is 292 g/mol. The topological polar surface area (TPSA) is 54.5 Å². The molecule has 2 aromatic rings. The van der Waals surface area contributed by atoms with E-state index < -0.39 is 11.9 Å². The normalized spacial score (nSPS) is 14.6. The summed E-state index contributed by atoms with van der Waals surface area (Å²) in [5.41, 5.74) is 0.748. The Morgan fingerprint density at radius 1 is 1.19 bits per heavy atom. The van der Waals surface area contributed by atoms with Gasteiger partial charge in [0.05, 0.1) is 11.9 Å². The fraction of sp³-hybridized carbons (Fsp3) is 0.357. The largest absolute Gasteiger partial charge is 0.435 e. The predicted octanol–water partition coefficient (Wildman–Crippen LogP) is 3.04. The Morgan fingerprint density at radius 2 is 1.95 bits per heavy atom. The maximum atomic E-state index is 13.1. The summed E-state index contributed by atoms with van der Waals surface area (Å²) in [5, 5.41) is 12.5. The van der Waals surface area contributed by atoms with Crippen molar-refractivity contribution in [3.63, 3.8) is 0 Å². The molecule has 1 aliphatic rings. The van der Waals surface area contributed by atoms with E-state index in [1.165, 1.54) is 16.9 Å². The Hall–Kier alpha value is -2.36. The van der Waals surface area contributed by atoms with E-state index >= 15 is 0 Å². The van der Waals surface area contributed by atoms with Crippen LogP contribution in [0.5, 0.6) is 0 Å². The molecule has 0 fully saturated rings. The Morgan fingerprint density at radius 3 is 2.57 bits per heavy atom. The molecule has 0 saturated heterocycles. The molecule has 0 spiro atoms. The Bertz CT molecular complexity index is 708. The van der Waals surface area contributed by atoms with Crippen molar-refractivity contribution in [2.45, 2.75) is 31.9 Å². The molecule has 2 aromatic heterocycles. The van der Waals surface area contributed by atoms with Gasteiger partial charge in [-0.05, 0) is 37.8 Å². The van der Waals surface area contributed by atoms with Gasteiger partial charge in [0.1, 0.15) is 11.8 Å². The van der Waals surface area contributed by atoms with Crippen molar-refractivity contribution in [2.75, 3.05) is 0 Å².